The van der Waals surface area contributed by atoms with Gasteiger partial charge in [-0.2, -0.15) is 0 Å². The third kappa shape index (κ3) is 4.56. The average Bonchev–Trinajstić information content (AvgIpc) is 2.33. The number of aliphatic hydroxyl groups excluding tert-OH is 1. The minimum absolute atomic E-state index is 0.0418. The van der Waals surface area contributed by atoms with E-state index in [1.54, 1.807) is 0 Å². The van der Waals surface area contributed by atoms with E-state index in [4.69, 9.17) is 5.11 Å². The van der Waals surface area contributed by atoms with E-state index in [0.717, 1.165) is 6.42 Å². The summed E-state index contributed by atoms with van der Waals surface area (Å²) in [6.45, 7) is 1.87. The summed E-state index contributed by atoms with van der Waals surface area (Å²) in [4.78, 5) is 11.5. The summed E-state index contributed by atoms with van der Waals surface area (Å²) in [5, 5.41) is 11.3. The van der Waals surface area contributed by atoms with Gasteiger partial charge in [-0.25, -0.2) is 4.39 Å². The smallest absolute Gasteiger partial charge is 0.224 e. The van der Waals surface area contributed by atoms with E-state index in [1.165, 1.54) is 18.2 Å². The summed E-state index contributed by atoms with van der Waals surface area (Å²) in [5.41, 5.74) is 0.924. The third-order valence-electron chi connectivity index (χ3n) is 2.19. The molecule has 2 N–H and O–H groups in total. The van der Waals surface area contributed by atoms with E-state index in [2.05, 4.69) is 17.2 Å². The molecule has 3 nitrogen and oxygen atoms in total. The molecule has 1 amide bonds. The standard InChI is InChI=1S/C14H16FNO2/c1-2-5-14(18)16-13-8-7-12(15)10-11(13)6-3-4-9-17/h7-8,10,17H,2,4-5,9H2,1H3,(H,16,18). The molecule has 0 aliphatic heterocycles. The van der Waals surface area contributed by atoms with Crippen molar-refractivity contribution in [3.63, 3.8) is 0 Å². The maximum Gasteiger partial charge on any atom is 0.224 e. The van der Waals surface area contributed by atoms with Crippen molar-refractivity contribution in [2.75, 3.05) is 11.9 Å². The lowest BCUT2D eigenvalue weighted by atomic mass is 10.1. The molecule has 0 fully saturated rings. The molecule has 0 saturated carbocycles. The molecular formula is C14H16FNO2. The Morgan fingerprint density at radius 2 is 2.28 bits per heavy atom. The van der Waals surface area contributed by atoms with Crippen LogP contribution in [0.5, 0.6) is 0 Å². The van der Waals surface area contributed by atoms with E-state index in [-0.39, 0.29) is 12.5 Å². The molecule has 0 atom stereocenters. The molecule has 0 aliphatic carbocycles. The van der Waals surface area contributed by atoms with Gasteiger partial charge in [0.2, 0.25) is 5.91 Å². The first-order valence-electron chi connectivity index (χ1n) is 5.86. The van der Waals surface area contributed by atoms with Crippen LogP contribution in [-0.2, 0) is 4.79 Å². The van der Waals surface area contributed by atoms with Crippen molar-refractivity contribution in [2.45, 2.75) is 26.2 Å². The second kappa shape index (κ2) is 7.46. The normalized spacial score (nSPS) is 9.50. The van der Waals surface area contributed by atoms with Crippen molar-refractivity contribution in [1.82, 2.24) is 0 Å². The van der Waals surface area contributed by atoms with Gasteiger partial charge in [0.1, 0.15) is 5.82 Å². The van der Waals surface area contributed by atoms with Gasteiger partial charge in [0, 0.05) is 12.8 Å². The number of carbonyl (C=O) groups is 1. The Balaban J connectivity index is 2.90. The zero-order valence-electron chi connectivity index (χ0n) is 10.3. The Labute approximate surface area is 106 Å². The Bertz CT molecular complexity index is 474. The van der Waals surface area contributed by atoms with Gasteiger partial charge in [-0.05, 0) is 24.6 Å². The topological polar surface area (TPSA) is 49.3 Å². The van der Waals surface area contributed by atoms with Crippen LogP contribution in [0.4, 0.5) is 10.1 Å². The van der Waals surface area contributed by atoms with Gasteiger partial charge in [0.15, 0.2) is 0 Å². The second-order valence-electron chi connectivity index (χ2n) is 3.76. The molecule has 0 saturated heterocycles. The zero-order chi connectivity index (χ0) is 13.4. The van der Waals surface area contributed by atoms with Crippen LogP contribution >= 0.6 is 0 Å². The van der Waals surface area contributed by atoms with Crippen molar-refractivity contribution in [1.29, 1.82) is 0 Å². The average molecular weight is 249 g/mol. The third-order valence-corrected chi connectivity index (χ3v) is 2.19. The predicted molar refractivity (Wildman–Crippen MR) is 68.5 cm³/mol. The largest absolute Gasteiger partial charge is 0.395 e. The van der Waals surface area contributed by atoms with Gasteiger partial charge in [0.05, 0.1) is 17.9 Å². The van der Waals surface area contributed by atoms with Crippen molar-refractivity contribution in [3.05, 3.63) is 29.6 Å². The van der Waals surface area contributed by atoms with Crippen molar-refractivity contribution in [2.24, 2.45) is 0 Å². The van der Waals surface area contributed by atoms with E-state index in [1.807, 2.05) is 6.92 Å². The van der Waals surface area contributed by atoms with Crippen molar-refractivity contribution in [3.8, 4) is 11.8 Å². The lowest BCUT2D eigenvalue weighted by Crippen LogP contribution is -2.11. The lowest BCUT2D eigenvalue weighted by Gasteiger charge is -2.06. The molecule has 0 aliphatic rings. The summed E-state index contributed by atoms with van der Waals surface area (Å²) < 4.78 is 13.1. The Kier molecular flexibility index (Phi) is 5.89. The molecule has 0 bridgehead atoms. The molecule has 1 rings (SSSR count). The molecule has 96 valence electrons. The molecule has 4 heteroatoms. The van der Waals surface area contributed by atoms with Crippen LogP contribution in [-0.4, -0.2) is 17.6 Å². The van der Waals surface area contributed by atoms with Gasteiger partial charge < -0.3 is 10.4 Å². The number of benzene rings is 1. The fourth-order valence-electron chi connectivity index (χ4n) is 1.38. The lowest BCUT2D eigenvalue weighted by molar-refractivity contribution is -0.116. The van der Waals surface area contributed by atoms with Gasteiger partial charge >= 0.3 is 0 Å². The van der Waals surface area contributed by atoms with Crippen LogP contribution in [0.2, 0.25) is 0 Å². The Morgan fingerprint density at radius 1 is 1.50 bits per heavy atom. The minimum Gasteiger partial charge on any atom is -0.395 e. The minimum atomic E-state index is -0.406. The number of anilines is 1. The quantitative estimate of drug-likeness (QED) is 0.804. The van der Waals surface area contributed by atoms with Crippen LogP contribution in [0.25, 0.3) is 0 Å². The van der Waals surface area contributed by atoms with Gasteiger partial charge in [-0.15, -0.1) is 0 Å². The summed E-state index contributed by atoms with van der Waals surface area (Å²) in [5.74, 6) is 4.92. The molecule has 0 radical (unpaired) electrons. The fraction of sp³-hybridized carbons (Fsp3) is 0.357. The maximum atomic E-state index is 13.1. The number of hydrogen-bond acceptors (Lipinski definition) is 2. The molecule has 0 unspecified atom stereocenters. The Morgan fingerprint density at radius 3 is 2.94 bits per heavy atom. The van der Waals surface area contributed by atoms with Crippen LogP contribution in [0.1, 0.15) is 31.7 Å². The first-order valence-corrected chi connectivity index (χ1v) is 5.86. The highest BCUT2D eigenvalue weighted by molar-refractivity contribution is 5.92. The van der Waals surface area contributed by atoms with Crippen LogP contribution < -0.4 is 5.32 Å². The number of hydrogen-bond donors (Lipinski definition) is 2. The predicted octanol–water partition coefficient (Wildman–Crippen LogP) is 2.30. The highest BCUT2D eigenvalue weighted by atomic mass is 19.1. The second-order valence-corrected chi connectivity index (χ2v) is 3.76. The number of nitrogens with one attached hydrogen (secondary N) is 1. The number of aliphatic hydroxyl groups is 1. The molecular weight excluding hydrogens is 233 g/mol. The molecule has 1 aromatic carbocycles. The summed E-state index contributed by atoms with van der Waals surface area (Å²) in [7, 11) is 0. The SMILES string of the molecule is CCCC(=O)Nc1ccc(F)cc1C#CCCO. The highest BCUT2D eigenvalue weighted by Gasteiger charge is 2.05. The summed E-state index contributed by atoms with van der Waals surface area (Å²) >= 11 is 0. The molecule has 18 heavy (non-hydrogen) atoms. The van der Waals surface area contributed by atoms with E-state index in [0.29, 0.717) is 24.1 Å². The van der Waals surface area contributed by atoms with Crippen molar-refractivity contribution >= 4 is 11.6 Å². The number of rotatable bonds is 4. The van der Waals surface area contributed by atoms with Gasteiger partial charge in [-0.3, -0.25) is 4.79 Å². The van der Waals surface area contributed by atoms with Crippen LogP contribution in [0.3, 0.4) is 0 Å². The highest BCUT2D eigenvalue weighted by Crippen LogP contribution is 2.16. The zero-order valence-corrected chi connectivity index (χ0v) is 10.3. The number of carbonyl (C=O) groups excluding carboxylic acids is 1. The van der Waals surface area contributed by atoms with Gasteiger partial charge in [0.25, 0.3) is 0 Å². The molecule has 0 heterocycles. The number of halogens is 1. The molecule has 0 spiro atoms. The summed E-state index contributed by atoms with van der Waals surface area (Å²) in [6, 6.07) is 4.04. The molecule has 1 aromatic rings. The van der Waals surface area contributed by atoms with Crippen LogP contribution in [0, 0.1) is 17.7 Å². The number of amides is 1. The van der Waals surface area contributed by atoms with Crippen molar-refractivity contribution < 1.29 is 14.3 Å². The van der Waals surface area contributed by atoms with E-state index < -0.39 is 5.82 Å². The Hall–Kier alpha value is -1.86. The maximum absolute atomic E-state index is 13.1. The van der Waals surface area contributed by atoms with E-state index >= 15 is 0 Å². The van der Waals surface area contributed by atoms with Crippen LogP contribution in [0.15, 0.2) is 18.2 Å². The first kappa shape index (κ1) is 14.2. The monoisotopic (exact) mass is 249 g/mol. The summed E-state index contributed by atoms with van der Waals surface area (Å²) in [6.07, 6.45) is 1.48. The van der Waals surface area contributed by atoms with E-state index in [9.17, 15) is 9.18 Å². The molecule has 0 aromatic heterocycles. The first-order chi connectivity index (χ1) is 8.67. The fourth-order valence-corrected chi connectivity index (χ4v) is 1.38. The van der Waals surface area contributed by atoms with Gasteiger partial charge in [-0.1, -0.05) is 18.8 Å².